The first-order valence-corrected chi connectivity index (χ1v) is 5.77. The Kier molecular flexibility index (Phi) is 4.76. The zero-order valence-corrected chi connectivity index (χ0v) is 10.9. The highest BCUT2D eigenvalue weighted by Gasteiger charge is 2.12. The van der Waals surface area contributed by atoms with E-state index in [1.165, 1.54) is 0 Å². The zero-order chi connectivity index (χ0) is 12.1. The van der Waals surface area contributed by atoms with E-state index >= 15 is 0 Å². The second kappa shape index (κ2) is 5.86. The van der Waals surface area contributed by atoms with Gasteiger partial charge in [-0.05, 0) is 34.5 Å². The third kappa shape index (κ3) is 3.21. The smallest absolute Gasteiger partial charge is 0.241 e. The van der Waals surface area contributed by atoms with Gasteiger partial charge in [0.1, 0.15) is 5.75 Å². The van der Waals surface area contributed by atoms with Crippen molar-refractivity contribution >= 4 is 27.5 Å². The van der Waals surface area contributed by atoms with Crippen LogP contribution in [0.4, 0.5) is 5.69 Å². The summed E-state index contributed by atoms with van der Waals surface area (Å²) < 4.78 is 5.87. The quantitative estimate of drug-likeness (QED) is 0.891. The molecule has 16 heavy (non-hydrogen) atoms. The second-order valence-corrected chi connectivity index (χ2v) is 4.20. The van der Waals surface area contributed by atoms with Crippen LogP contribution < -0.4 is 15.8 Å². The van der Waals surface area contributed by atoms with E-state index in [4.69, 9.17) is 10.5 Å². The van der Waals surface area contributed by atoms with Crippen LogP contribution in [-0.2, 0) is 4.79 Å². The number of nitrogens with two attached hydrogens (primary N) is 1. The molecule has 0 aliphatic rings. The maximum atomic E-state index is 11.6. The van der Waals surface area contributed by atoms with Gasteiger partial charge in [0.2, 0.25) is 5.91 Å². The lowest BCUT2D eigenvalue weighted by molar-refractivity contribution is -0.117. The van der Waals surface area contributed by atoms with E-state index < -0.39 is 6.04 Å². The summed E-state index contributed by atoms with van der Waals surface area (Å²) in [5.74, 6) is 0.486. The first-order valence-electron chi connectivity index (χ1n) is 4.98. The molecule has 0 fully saturated rings. The molecule has 1 aromatic rings. The lowest BCUT2D eigenvalue weighted by atomic mass is 10.2. The van der Waals surface area contributed by atoms with E-state index in [2.05, 4.69) is 21.2 Å². The van der Waals surface area contributed by atoms with E-state index in [0.717, 1.165) is 4.47 Å². The highest BCUT2D eigenvalue weighted by atomic mass is 79.9. The van der Waals surface area contributed by atoms with Crippen LogP contribution in [0, 0.1) is 0 Å². The number of amides is 1. The van der Waals surface area contributed by atoms with Gasteiger partial charge in [-0.25, -0.2) is 0 Å². The number of carbonyl (C=O) groups excluding carboxylic acids is 1. The number of nitrogens with one attached hydrogen (secondary N) is 1. The molecule has 0 saturated heterocycles. The molecule has 5 heteroatoms. The van der Waals surface area contributed by atoms with Crippen LogP contribution >= 0.6 is 15.9 Å². The van der Waals surface area contributed by atoms with Crippen LogP contribution in [-0.4, -0.2) is 19.1 Å². The Morgan fingerprint density at radius 2 is 2.31 bits per heavy atom. The third-order valence-electron chi connectivity index (χ3n) is 2.21. The third-order valence-corrected chi connectivity index (χ3v) is 2.90. The molecular weight excluding hydrogens is 272 g/mol. The monoisotopic (exact) mass is 286 g/mol. The van der Waals surface area contributed by atoms with Gasteiger partial charge in [0.05, 0.1) is 18.8 Å². The van der Waals surface area contributed by atoms with Gasteiger partial charge in [-0.1, -0.05) is 6.92 Å². The number of hydrogen-bond acceptors (Lipinski definition) is 3. The van der Waals surface area contributed by atoms with Crippen molar-refractivity contribution in [3.63, 3.8) is 0 Å². The number of carbonyl (C=O) groups is 1. The van der Waals surface area contributed by atoms with E-state index in [-0.39, 0.29) is 5.91 Å². The molecule has 0 aromatic heterocycles. The molecule has 1 atom stereocenters. The van der Waals surface area contributed by atoms with E-state index in [1.807, 2.05) is 13.0 Å². The number of hydrogen-bond donors (Lipinski definition) is 2. The minimum Gasteiger partial charge on any atom is -0.497 e. The molecule has 1 amide bonds. The van der Waals surface area contributed by atoms with Gasteiger partial charge in [-0.3, -0.25) is 4.79 Å². The van der Waals surface area contributed by atoms with Gasteiger partial charge >= 0.3 is 0 Å². The Hall–Kier alpha value is -1.07. The summed E-state index contributed by atoms with van der Waals surface area (Å²) in [6.07, 6.45) is 0.605. The van der Waals surface area contributed by atoms with Crippen LogP contribution in [0.2, 0.25) is 0 Å². The molecule has 0 unspecified atom stereocenters. The maximum absolute atomic E-state index is 11.6. The first-order chi connectivity index (χ1) is 7.58. The average molecular weight is 287 g/mol. The molecule has 3 N–H and O–H groups in total. The molecule has 0 radical (unpaired) electrons. The molecule has 0 heterocycles. The molecule has 4 nitrogen and oxygen atoms in total. The Labute approximate surface area is 103 Å². The Morgan fingerprint density at radius 3 is 2.88 bits per heavy atom. The molecule has 0 aliphatic carbocycles. The highest BCUT2D eigenvalue weighted by molar-refractivity contribution is 9.10. The first kappa shape index (κ1) is 13.0. The van der Waals surface area contributed by atoms with Crippen molar-refractivity contribution in [1.82, 2.24) is 0 Å². The molecule has 1 rings (SSSR count). The van der Waals surface area contributed by atoms with E-state index in [9.17, 15) is 4.79 Å². The van der Waals surface area contributed by atoms with Gasteiger partial charge in [0, 0.05) is 10.5 Å². The fourth-order valence-electron chi connectivity index (χ4n) is 1.14. The van der Waals surface area contributed by atoms with Gasteiger partial charge < -0.3 is 15.8 Å². The van der Waals surface area contributed by atoms with Crippen molar-refractivity contribution in [1.29, 1.82) is 0 Å². The van der Waals surface area contributed by atoms with Crippen molar-refractivity contribution in [3.05, 3.63) is 22.7 Å². The van der Waals surface area contributed by atoms with Crippen molar-refractivity contribution in [2.45, 2.75) is 19.4 Å². The molecular formula is C11H15BrN2O2. The van der Waals surface area contributed by atoms with E-state index in [0.29, 0.717) is 17.9 Å². The summed E-state index contributed by atoms with van der Waals surface area (Å²) in [5, 5.41) is 2.74. The molecule has 0 spiro atoms. The number of anilines is 1. The average Bonchev–Trinajstić information content (AvgIpc) is 2.30. The lowest BCUT2D eigenvalue weighted by Crippen LogP contribution is -2.34. The largest absolute Gasteiger partial charge is 0.497 e. The fraction of sp³-hybridized carbons (Fsp3) is 0.364. The van der Waals surface area contributed by atoms with Crippen LogP contribution in [0.1, 0.15) is 13.3 Å². The van der Waals surface area contributed by atoms with Crippen LogP contribution in [0.3, 0.4) is 0 Å². The molecule has 88 valence electrons. The summed E-state index contributed by atoms with van der Waals surface area (Å²) in [4.78, 5) is 11.6. The number of rotatable bonds is 4. The summed E-state index contributed by atoms with van der Waals surface area (Å²) >= 11 is 3.35. The van der Waals surface area contributed by atoms with E-state index in [1.54, 1.807) is 19.2 Å². The molecule has 1 aromatic carbocycles. The summed E-state index contributed by atoms with van der Waals surface area (Å²) in [6.45, 7) is 1.87. The fourth-order valence-corrected chi connectivity index (χ4v) is 1.48. The minimum absolute atomic E-state index is 0.198. The summed E-state index contributed by atoms with van der Waals surface area (Å²) in [5.41, 5.74) is 6.29. The predicted octanol–water partition coefficient (Wildman–Crippen LogP) is 2.13. The van der Waals surface area contributed by atoms with Gasteiger partial charge in [0.25, 0.3) is 0 Å². The van der Waals surface area contributed by atoms with Gasteiger partial charge in [-0.15, -0.1) is 0 Å². The Balaban J connectivity index is 2.83. The van der Waals surface area contributed by atoms with Gasteiger partial charge in [0.15, 0.2) is 0 Å². The normalized spacial score (nSPS) is 12.0. The van der Waals surface area contributed by atoms with Crippen molar-refractivity contribution in [3.8, 4) is 5.75 Å². The van der Waals surface area contributed by atoms with Crippen LogP contribution in [0.5, 0.6) is 5.75 Å². The van der Waals surface area contributed by atoms with Crippen LogP contribution in [0.25, 0.3) is 0 Å². The predicted molar refractivity (Wildman–Crippen MR) is 67.6 cm³/mol. The number of benzene rings is 1. The SMILES string of the molecule is CC[C@H](N)C(=O)Nc1cc(OC)ccc1Br. The number of halogens is 1. The standard InChI is InChI=1S/C11H15BrN2O2/c1-3-9(13)11(15)14-10-6-7(16-2)4-5-8(10)12/h4-6,9H,3,13H2,1-2H3,(H,14,15)/t9-/m0/s1. The molecule has 0 bridgehead atoms. The maximum Gasteiger partial charge on any atom is 0.241 e. The topological polar surface area (TPSA) is 64.4 Å². The summed E-state index contributed by atoms with van der Waals surface area (Å²) in [6, 6.07) is 4.87. The lowest BCUT2D eigenvalue weighted by Gasteiger charge is -2.12. The second-order valence-electron chi connectivity index (χ2n) is 3.35. The highest BCUT2D eigenvalue weighted by Crippen LogP contribution is 2.27. The van der Waals surface area contributed by atoms with Crippen LogP contribution in [0.15, 0.2) is 22.7 Å². The van der Waals surface area contributed by atoms with Crippen molar-refractivity contribution in [2.24, 2.45) is 5.73 Å². The molecule has 0 saturated carbocycles. The Morgan fingerprint density at radius 1 is 1.62 bits per heavy atom. The summed E-state index contributed by atoms with van der Waals surface area (Å²) in [7, 11) is 1.58. The Bertz CT molecular complexity index is 382. The van der Waals surface area contributed by atoms with Gasteiger partial charge in [-0.2, -0.15) is 0 Å². The van der Waals surface area contributed by atoms with Crippen molar-refractivity contribution in [2.75, 3.05) is 12.4 Å². The number of ether oxygens (including phenoxy) is 1. The zero-order valence-electron chi connectivity index (χ0n) is 9.29. The number of methoxy groups -OCH3 is 1. The minimum atomic E-state index is -0.488. The van der Waals surface area contributed by atoms with Crippen molar-refractivity contribution < 1.29 is 9.53 Å². The molecule has 0 aliphatic heterocycles.